The van der Waals surface area contributed by atoms with Crippen molar-refractivity contribution >= 4 is 33.3 Å². The summed E-state index contributed by atoms with van der Waals surface area (Å²) in [5, 5.41) is 6.74. The minimum Gasteiger partial charge on any atom is -0.370 e. The summed E-state index contributed by atoms with van der Waals surface area (Å²) in [6.45, 7) is 9.34. The summed E-state index contributed by atoms with van der Waals surface area (Å²) >= 11 is 3.48. The monoisotopic (exact) mass is 362 g/mol. The Morgan fingerprint density at radius 2 is 1.82 bits per heavy atom. The van der Waals surface area contributed by atoms with E-state index >= 15 is 0 Å². The summed E-state index contributed by atoms with van der Waals surface area (Å²) in [5.41, 5.74) is 2.22. The number of anilines is 3. The zero-order valence-electron chi connectivity index (χ0n) is 13.6. The molecule has 0 fully saturated rings. The number of aryl methyl sites for hydroxylation is 2. The molecule has 0 aliphatic rings. The molecule has 1 aromatic heterocycles. The Balaban J connectivity index is 2.12. The lowest BCUT2D eigenvalue weighted by atomic mass is 10.1. The number of nitrogens with one attached hydrogen (secondary N) is 2. The van der Waals surface area contributed by atoms with E-state index in [0.29, 0.717) is 5.92 Å². The van der Waals surface area contributed by atoms with E-state index < -0.39 is 0 Å². The van der Waals surface area contributed by atoms with Gasteiger partial charge < -0.3 is 10.6 Å². The molecule has 22 heavy (non-hydrogen) atoms. The van der Waals surface area contributed by atoms with Crippen LogP contribution in [0.1, 0.15) is 31.7 Å². The van der Waals surface area contributed by atoms with Gasteiger partial charge in [-0.1, -0.05) is 29.8 Å². The SMILES string of the molecule is Cc1nc(NCCC(C)C)cc(Nc2ccc(Br)cc2C)n1. The summed E-state index contributed by atoms with van der Waals surface area (Å²) in [7, 11) is 0. The standard InChI is InChI=1S/C17H23BrN4/c1-11(2)7-8-19-16-10-17(21-13(4)20-16)22-15-6-5-14(18)9-12(15)3/h5-6,9-11H,7-8H2,1-4H3,(H2,19,20,21,22). The van der Waals surface area contributed by atoms with E-state index in [1.807, 2.05) is 25.1 Å². The highest BCUT2D eigenvalue weighted by Crippen LogP contribution is 2.24. The van der Waals surface area contributed by atoms with Gasteiger partial charge in [-0.2, -0.15) is 0 Å². The van der Waals surface area contributed by atoms with E-state index in [2.05, 4.69) is 63.4 Å². The van der Waals surface area contributed by atoms with E-state index in [1.54, 1.807) is 0 Å². The molecule has 118 valence electrons. The number of hydrogen-bond donors (Lipinski definition) is 2. The molecule has 0 amide bonds. The number of rotatable bonds is 6. The average Bonchev–Trinajstić information content (AvgIpc) is 2.41. The van der Waals surface area contributed by atoms with Crippen molar-refractivity contribution in [3.63, 3.8) is 0 Å². The van der Waals surface area contributed by atoms with Gasteiger partial charge in [-0.15, -0.1) is 0 Å². The van der Waals surface area contributed by atoms with E-state index in [4.69, 9.17) is 0 Å². The van der Waals surface area contributed by atoms with Crippen LogP contribution in [-0.4, -0.2) is 16.5 Å². The predicted octanol–water partition coefficient (Wildman–Crippen LogP) is 5.06. The minimum absolute atomic E-state index is 0.679. The van der Waals surface area contributed by atoms with E-state index in [9.17, 15) is 0 Å². The predicted molar refractivity (Wildman–Crippen MR) is 96.9 cm³/mol. The van der Waals surface area contributed by atoms with Crippen LogP contribution in [0.25, 0.3) is 0 Å². The van der Waals surface area contributed by atoms with Gasteiger partial charge >= 0.3 is 0 Å². The van der Waals surface area contributed by atoms with Crippen LogP contribution >= 0.6 is 15.9 Å². The highest BCUT2D eigenvalue weighted by molar-refractivity contribution is 9.10. The summed E-state index contributed by atoms with van der Waals surface area (Å²) in [6, 6.07) is 8.10. The third kappa shape index (κ3) is 4.98. The molecule has 2 rings (SSSR count). The van der Waals surface area contributed by atoms with Gasteiger partial charge in [-0.05, 0) is 49.9 Å². The molecule has 1 heterocycles. The van der Waals surface area contributed by atoms with Crippen molar-refractivity contribution in [1.29, 1.82) is 0 Å². The third-order valence-electron chi connectivity index (χ3n) is 3.32. The van der Waals surface area contributed by atoms with Crippen molar-refractivity contribution in [3.05, 3.63) is 40.1 Å². The number of benzene rings is 1. The van der Waals surface area contributed by atoms with Gasteiger partial charge in [0.1, 0.15) is 17.5 Å². The Kier molecular flexibility index (Phi) is 5.77. The molecule has 0 saturated carbocycles. The van der Waals surface area contributed by atoms with Gasteiger partial charge in [0.25, 0.3) is 0 Å². The Labute approximate surface area is 140 Å². The smallest absolute Gasteiger partial charge is 0.136 e. The summed E-state index contributed by atoms with van der Waals surface area (Å²) < 4.78 is 1.07. The van der Waals surface area contributed by atoms with Crippen molar-refractivity contribution in [3.8, 4) is 0 Å². The molecule has 0 atom stereocenters. The molecule has 2 aromatic rings. The van der Waals surface area contributed by atoms with Gasteiger partial charge in [0.05, 0.1) is 0 Å². The molecule has 0 spiro atoms. The first-order valence-electron chi connectivity index (χ1n) is 7.57. The highest BCUT2D eigenvalue weighted by Gasteiger charge is 2.05. The third-order valence-corrected chi connectivity index (χ3v) is 3.81. The first-order chi connectivity index (χ1) is 10.4. The first kappa shape index (κ1) is 16.7. The normalized spacial score (nSPS) is 10.8. The lowest BCUT2D eigenvalue weighted by molar-refractivity contribution is 0.606. The second-order valence-electron chi connectivity index (χ2n) is 5.88. The second kappa shape index (κ2) is 7.58. The van der Waals surface area contributed by atoms with Crippen LogP contribution in [0.4, 0.5) is 17.3 Å². The summed E-state index contributed by atoms with van der Waals surface area (Å²) in [4.78, 5) is 8.90. The van der Waals surface area contributed by atoms with E-state index in [-0.39, 0.29) is 0 Å². The molecule has 0 aliphatic carbocycles. The summed E-state index contributed by atoms with van der Waals surface area (Å²) in [6.07, 6.45) is 1.12. The molecule has 0 radical (unpaired) electrons. The molecule has 5 heteroatoms. The quantitative estimate of drug-likeness (QED) is 0.753. The molecular formula is C17H23BrN4. The fourth-order valence-corrected chi connectivity index (χ4v) is 2.59. The zero-order valence-corrected chi connectivity index (χ0v) is 15.2. The maximum Gasteiger partial charge on any atom is 0.136 e. The van der Waals surface area contributed by atoms with E-state index in [0.717, 1.165) is 40.6 Å². The van der Waals surface area contributed by atoms with Crippen molar-refractivity contribution in [2.75, 3.05) is 17.2 Å². The fourth-order valence-electron chi connectivity index (χ4n) is 2.12. The summed E-state index contributed by atoms with van der Waals surface area (Å²) in [5.74, 6) is 3.11. The molecule has 0 bridgehead atoms. The maximum absolute atomic E-state index is 4.46. The van der Waals surface area contributed by atoms with Crippen molar-refractivity contribution in [1.82, 2.24) is 9.97 Å². The molecular weight excluding hydrogens is 340 g/mol. The lowest BCUT2D eigenvalue weighted by Crippen LogP contribution is -2.08. The maximum atomic E-state index is 4.46. The number of halogens is 1. The molecule has 1 aromatic carbocycles. The minimum atomic E-state index is 0.679. The molecule has 0 saturated heterocycles. The Morgan fingerprint density at radius 3 is 2.50 bits per heavy atom. The van der Waals surface area contributed by atoms with Crippen LogP contribution in [0.5, 0.6) is 0 Å². The van der Waals surface area contributed by atoms with Crippen LogP contribution in [0.2, 0.25) is 0 Å². The van der Waals surface area contributed by atoms with Crippen LogP contribution in [0.15, 0.2) is 28.7 Å². The number of hydrogen-bond acceptors (Lipinski definition) is 4. The van der Waals surface area contributed by atoms with Crippen molar-refractivity contribution in [2.45, 2.75) is 34.1 Å². The average molecular weight is 363 g/mol. The van der Waals surface area contributed by atoms with Crippen molar-refractivity contribution < 1.29 is 0 Å². The van der Waals surface area contributed by atoms with Gasteiger partial charge in [-0.25, -0.2) is 9.97 Å². The van der Waals surface area contributed by atoms with Gasteiger partial charge in [0.15, 0.2) is 0 Å². The van der Waals surface area contributed by atoms with Gasteiger partial charge in [-0.3, -0.25) is 0 Å². The highest BCUT2D eigenvalue weighted by atomic mass is 79.9. The topological polar surface area (TPSA) is 49.8 Å². The van der Waals surface area contributed by atoms with Gasteiger partial charge in [0, 0.05) is 22.8 Å². The Bertz CT molecular complexity index is 641. The lowest BCUT2D eigenvalue weighted by Gasteiger charge is -2.12. The van der Waals surface area contributed by atoms with E-state index in [1.165, 1.54) is 5.56 Å². The number of aromatic nitrogens is 2. The number of nitrogens with zero attached hydrogens (tertiary/aromatic N) is 2. The second-order valence-corrected chi connectivity index (χ2v) is 6.79. The molecule has 0 aliphatic heterocycles. The first-order valence-corrected chi connectivity index (χ1v) is 8.36. The largest absolute Gasteiger partial charge is 0.370 e. The van der Waals surface area contributed by atoms with Crippen LogP contribution in [0.3, 0.4) is 0 Å². The van der Waals surface area contributed by atoms with Crippen LogP contribution < -0.4 is 10.6 Å². The zero-order chi connectivity index (χ0) is 16.1. The van der Waals surface area contributed by atoms with Crippen molar-refractivity contribution in [2.24, 2.45) is 5.92 Å². The van der Waals surface area contributed by atoms with Crippen LogP contribution in [0, 0.1) is 19.8 Å². The molecule has 4 nitrogen and oxygen atoms in total. The van der Waals surface area contributed by atoms with Crippen LogP contribution in [-0.2, 0) is 0 Å². The molecule has 2 N–H and O–H groups in total. The Hall–Kier alpha value is -1.62. The fraction of sp³-hybridized carbons (Fsp3) is 0.412. The molecule has 0 unspecified atom stereocenters. The Morgan fingerprint density at radius 1 is 1.09 bits per heavy atom. The van der Waals surface area contributed by atoms with Gasteiger partial charge in [0.2, 0.25) is 0 Å².